The van der Waals surface area contributed by atoms with Gasteiger partial charge in [0.25, 0.3) is 0 Å². The van der Waals surface area contributed by atoms with Crippen LogP contribution in [0.4, 0.5) is 0 Å². The Bertz CT molecular complexity index is 557. The van der Waals surface area contributed by atoms with Crippen LogP contribution in [0, 0.1) is 0 Å². The van der Waals surface area contributed by atoms with Gasteiger partial charge in [0.15, 0.2) is 0 Å². The molecule has 2 rings (SSSR count). The lowest BCUT2D eigenvalue weighted by atomic mass is 10.1. The number of carbonyl (C=O) groups is 1. The molecule has 0 aliphatic heterocycles. The van der Waals surface area contributed by atoms with Gasteiger partial charge in [-0.3, -0.25) is 9.48 Å². The molecule has 2 aromatic rings. The predicted molar refractivity (Wildman–Crippen MR) is 69.9 cm³/mol. The molecule has 2 N–H and O–H groups in total. The number of hydrogen-bond donors (Lipinski definition) is 2. The van der Waals surface area contributed by atoms with E-state index in [2.05, 4.69) is 15.4 Å². The van der Waals surface area contributed by atoms with E-state index in [4.69, 9.17) is 11.6 Å². The van der Waals surface area contributed by atoms with Gasteiger partial charge in [0, 0.05) is 6.54 Å². The number of nitrogens with zero attached hydrogens (tertiary/aromatic N) is 3. The second-order valence-corrected chi connectivity index (χ2v) is 4.38. The van der Waals surface area contributed by atoms with Crippen molar-refractivity contribution in [1.29, 1.82) is 0 Å². The molecule has 0 radical (unpaired) electrons. The van der Waals surface area contributed by atoms with Crippen molar-refractivity contribution in [2.24, 2.45) is 0 Å². The molecule has 0 unspecified atom stereocenters. The van der Waals surface area contributed by atoms with Crippen LogP contribution < -0.4 is 5.32 Å². The summed E-state index contributed by atoms with van der Waals surface area (Å²) in [4.78, 5) is 15.5. The Hall–Kier alpha value is -2.08. The van der Waals surface area contributed by atoms with Gasteiger partial charge < -0.3 is 10.4 Å². The quantitative estimate of drug-likeness (QED) is 0.856. The van der Waals surface area contributed by atoms with Crippen molar-refractivity contribution >= 4 is 17.5 Å². The molecule has 0 spiro atoms. The maximum Gasteiger partial charge on any atom is 0.224 e. The SMILES string of the molecule is O=C(Cc1ccc(O)c(Cl)c1)NCCn1cncn1. The molecule has 0 saturated carbocycles. The van der Waals surface area contributed by atoms with E-state index >= 15 is 0 Å². The Labute approximate surface area is 115 Å². The Balaban J connectivity index is 1.79. The standard InChI is InChI=1S/C12H13ClN4O2/c13-10-5-9(1-2-11(10)18)6-12(19)15-3-4-17-8-14-7-16-17/h1-2,5,7-8,18H,3-4,6H2,(H,15,19). The Morgan fingerprint density at radius 2 is 2.32 bits per heavy atom. The largest absolute Gasteiger partial charge is 0.506 e. The summed E-state index contributed by atoms with van der Waals surface area (Å²) in [6.07, 6.45) is 3.25. The Kier molecular flexibility index (Phi) is 4.35. The maximum atomic E-state index is 11.7. The molecule has 0 saturated heterocycles. The molecule has 1 aromatic heterocycles. The molecule has 0 atom stereocenters. The van der Waals surface area contributed by atoms with E-state index in [1.54, 1.807) is 23.1 Å². The minimum absolute atomic E-state index is 0.0111. The lowest BCUT2D eigenvalue weighted by molar-refractivity contribution is -0.120. The molecule has 1 amide bonds. The number of aromatic nitrogens is 3. The number of nitrogens with one attached hydrogen (secondary N) is 1. The minimum atomic E-state index is -0.109. The first-order chi connectivity index (χ1) is 9.15. The highest BCUT2D eigenvalue weighted by Gasteiger charge is 2.05. The van der Waals surface area contributed by atoms with Crippen molar-refractivity contribution in [2.45, 2.75) is 13.0 Å². The van der Waals surface area contributed by atoms with Crippen LogP contribution in [-0.2, 0) is 17.8 Å². The fraction of sp³-hybridized carbons (Fsp3) is 0.250. The van der Waals surface area contributed by atoms with Crippen molar-refractivity contribution in [3.8, 4) is 5.75 Å². The van der Waals surface area contributed by atoms with Crippen molar-refractivity contribution in [1.82, 2.24) is 20.1 Å². The van der Waals surface area contributed by atoms with Crippen LogP contribution in [0.5, 0.6) is 5.75 Å². The first-order valence-electron chi connectivity index (χ1n) is 5.71. The molecule has 1 heterocycles. The first kappa shape index (κ1) is 13.4. The zero-order chi connectivity index (χ0) is 13.7. The third kappa shape index (κ3) is 3.96. The van der Waals surface area contributed by atoms with Crippen LogP contribution in [0.15, 0.2) is 30.9 Å². The zero-order valence-electron chi connectivity index (χ0n) is 10.1. The van der Waals surface area contributed by atoms with Crippen molar-refractivity contribution < 1.29 is 9.90 Å². The van der Waals surface area contributed by atoms with Gasteiger partial charge in [0.1, 0.15) is 18.4 Å². The minimum Gasteiger partial charge on any atom is -0.506 e. The van der Waals surface area contributed by atoms with Gasteiger partial charge in [0.2, 0.25) is 5.91 Å². The van der Waals surface area contributed by atoms with E-state index < -0.39 is 0 Å². The van der Waals surface area contributed by atoms with Crippen molar-refractivity contribution in [3.63, 3.8) is 0 Å². The van der Waals surface area contributed by atoms with Gasteiger partial charge in [-0.15, -0.1) is 0 Å². The molecule has 0 aliphatic rings. The summed E-state index contributed by atoms with van der Waals surface area (Å²) in [5.74, 6) is -0.0983. The molecule has 100 valence electrons. The lowest BCUT2D eigenvalue weighted by Crippen LogP contribution is -2.28. The number of hydrogen-bond acceptors (Lipinski definition) is 4. The number of phenols is 1. The summed E-state index contributed by atoms with van der Waals surface area (Å²) in [5, 5.41) is 16.2. The highest BCUT2D eigenvalue weighted by Crippen LogP contribution is 2.23. The van der Waals surface area contributed by atoms with Crippen LogP contribution in [0.25, 0.3) is 0 Å². The van der Waals surface area contributed by atoms with Gasteiger partial charge in [-0.25, -0.2) is 4.98 Å². The lowest BCUT2D eigenvalue weighted by Gasteiger charge is -2.06. The fourth-order valence-electron chi connectivity index (χ4n) is 1.57. The summed E-state index contributed by atoms with van der Waals surface area (Å²) >= 11 is 5.77. The smallest absolute Gasteiger partial charge is 0.224 e. The third-order valence-corrected chi connectivity index (χ3v) is 2.81. The number of carbonyl (C=O) groups excluding carboxylic acids is 1. The maximum absolute atomic E-state index is 11.7. The predicted octanol–water partition coefficient (Wildman–Crippen LogP) is 0.996. The second kappa shape index (κ2) is 6.19. The number of amides is 1. The molecule has 19 heavy (non-hydrogen) atoms. The fourth-order valence-corrected chi connectivity index (χ4v) is 1.77. The average Bonchev–Trinajstić information content (AvgIpc) is 2.87. The van der Waals surface area contributed by atoms with E-state index in [9.17, 15) is 9.90 Å². The topological polar surface area (TPSA) is 80.0 Å². The van der Waals surface area contributed by atoms with Crippen molar-refractivity contribution in [3.05, 3.63) is 41.4 Å². The highest BCUT2D eigenvalue weighted by atomic mass is 35.5. The zero-order valence-corrected chi connectivity index (χ0v) is 10.8. The number of benzene rings is 1. The summed E-state index contributed by atoms with van der Waals surface area (Å²) < 4.78 is 1.64. The first-order valence-corrected chi connectivity index (χ1v) is 6.09. The molecule has 0 fully saturated rings. The monoisotopic (exact) mass is 280 g/mol. The van der Waals surface area contributed by atoms with Gasteiger partial charge in [-0.2, -0.15) is 5.10 Å². The van der Waals surface area contributed by atoms with E-state index in [-0.39, 0.29) is 23.1 Å². The summed E-state index contributed by atoms with van der Waals surface area (Å²) in [6, 6.07) is 4.71. The highest BCUT2D eigenvalue weighted by molar-refractivity contribution is 6.32. The van der Waals surface area contributed by atoms with E-state index in [1.165, 1.54) is 12.4 Å². The van der Waals surface area contributed by atoms with Crippen LogP contribution >= 0.6 is 11.6 Å². The van der Waals surface area contributed by atoms with Crippen LogP contribution in [0.2, 0.25) is 5.02 Å². The van der Waals surface area contributed by atoms with Crippen molar-refractivity contribution in [2.75, 3.05) is 6.54 Å². The molecular weight excluding hydrogens is 268 g/mol. The molecule has 7 heteroatoms. The molecule has 0 aliphatic carbocycles. The molecule has 1 aromatic carbocycles. The van der Waals surface area contributed by atoms with Gasteiger partial charge in [-0.1, -0.05) is 17.7 Å². The summed E-state index contributed by atoms with van der Waals surface area (Å²) in [6.45, 7) is 1.05. The average molecular weight is 281 g/mol. The number of phenolic OH excluding ortho intramolecular Hbond substituents is 1. The molecular formula is C12H13ClN4O2. The second-order valence-electron chi connectivity index (χ2n) is 3.97. The van der Waals surface area contributed by atoms with Crippen LogP contribution in [0.1, 0.15) is 5.56 Å². The van der Waals surface area contributed by atoms with Gasteiger partial charge in [-0.05, 0) is 17.7 Å². The van der Waals surface area contributed by atoms with Gasteiger partial charge >= 0.3 is 0 Å². The molecule has 0 bridgehead atoms. The van der Waals surface area contributed by atoms with E-state index in [0.717, 1.165) is 5.56 Å². The normalized spacial score (nSPS) is 10.4. The molecule has 6 nitrogen and oxygen atoms in total. The van der Waals surface area contributed by atoms with Crippen LogP contribution in [-0.4, -0.2) is 32.3 Å². The van der Waals surface area contributed by atoms with E-state index in [1.807, 2.05) is 0 Å². The number of halogens is 1. The van der Waals surface area contributed by atoms with Gasteiger partial charge in [0.05, 0.1) is 18.0 Å². The van der Waals surface area contributed by atoms with E-state index in [0.29, 0.717) is 13.1 Å². The summed E-state index contributed by atoms with van der Waals surface area (Å²) in [5.41, 5.74) is 0.751. The Morgan fingerprint density at radius 3 is 3.00 bits per heavy atom. The third-order valence-electron chi connectivity index (χ3n) is 2.51. The summed E-state index contributed by atoms with van der Waals surface area (Å²) in [7, 11) is 0. The number of aromatic hydroxyl groups is 1. The Morgan fingerprint density at radius 1 is 1.47 bits per heavy atom. The van der Waals surface area contributed by atoms with Crippen LogP contribution in [0.3, 0.4) is 0 Å². The number of rotatable bonds is 5.